The zero-order valence-corrected chi connectivity index (χ0v) is 14.8. The van der Waals surface area contributed by atoms with Crippen molar-refractivity contribution in [2.45, 2.75) is 6.42 Å². The van der Waals surface area contributed by atoms with Crippen LogP contribution in [0.3, 0.4) is 0 Å². The van der Waals surface area contributed by atoms with Gasteiger partial charge in [-0.3, -0.25) is 14.5 Å². The molecule has 0 saturated carbocycles. The number of nitrogens with zero attached hydrogens (tertiary/aromatic N) is 2. The molecule has 0 spiro atoms. The van der Waals surface area contributed by atoms with Crippen molar-refractivity contribution in [2.75, 3.05) is 45.6 Å². The zero-order valence-electron chi connectivity index (χ0n) is 14.8. The second kappa shape index (κ2) is 8.05. The minimum Gasteiger partial charge on any atom is -0.495 e. The van der Waals surface area contributed by atoms with Crippen molar-refractivity contribution in [1.82, 2.24) is 9.80 Å². The highest BCUT2D eigenvalue weighted by Gasteiger charge is 2.23. The molecule has 1 fully saturated rings. The third kappa shape index (κ3) is 4.05. The van der Waals surface area contributed by atoms with E-state index in [4.69, 9.17) is 14.9 Å². The molecular weight excluding hydrogens is 334 g/mol. The first-order valence-corrected chi connectivity index (χ1v) is 8.60. The molecule has 2 aromatic rings. The molecule has 138 valence electrons. The number of ether oxygens (including phenoxy) is 1. The molecule has 1 saturated heterocycles. The molecule has 3 rings (SSSR count). The first-order valence-electron chi connectivity index (χ1n) is 8.60. The van der Waals surface area contributed by atoms with Gasteiger partial charge in [-0.15, -0.1) is 0 Å². The topological polar surface area (TPSA) is 89.0 Å². The van der Waals surface area contributed by atoms with Crippen LogP contribution in [0.15, 0.2) is 41.0 Å². The summed E-state index contributed by atoms with van der Waals surface area (Å²) >= 11 is 0. The van der Waals surface area contributed by atoms with E-state index >= 15 is 0 Å². The van der Waals surface area contributed by atoms with Crippen molar-refractivity contribution < 1.29 is 18.7 Å². The van der Waals surface area contributed by atoms with Crippen LogP contribution in [0.2, 0.25) is 0 Å². The number of ketones is 1. The van der Waals surface area contributed by atoms with Gasteiger partial charge in [0.2, 0.25) is 0 Å². The molecule has 7 heteroatoms. The lowest BCUT2D eigenvalue weighted by Crippen LogP contribution is -2.49. The van der Waals surface area contributed by atoms with E-state index in [2.05, 4.69) is 4.90 Å². The Hall–Kier alpha value is -2.80. The largest absolute Gasteiger partial charge is 0.495 e. The quantitative estimate of drug-likeness (QED) is 0.627. The molecule has 2 heterocycles. The summed E-state index contributed by atoms with van der Waals surface area (Å²) in [6.45, 7) is 3.40. The van der Waals surface area contributed by atoms with E-state index in [9.17, 15) is 9.59 Å². The summed E-state index contributed by atoms with van der Waals surface area (Å²) in [6, 6.07) is 8.48. The van der Waals surface area contributed by atoms with Crippen LogP contribution in [0.5, 0.6) is 5.75 Å². The third-order valence-corrected chi connectivity index (χ3v) is 4.60. The summed E-state index contributed by atoms with van der Waals surface area (Å²) in [5, 5.41) is 0. The number of carbonyl (C=O) groups is 2. The van der Waals surface area contributed by atoms with Crippen LogP contribution in [0, 0.1) is 0 Å². The number of furan rings is 1. The van der Waals surface area contributed by atoms with Crippen molar-refractivity contribution >= 4 is 17.4 Å². The predicted octanol–water partition coefficient (Wildman–Crippen LogP) is 1.90. The van der Waals surface area contributed by atoms with Crippen LogP contribution in [-0.2, 0) is 0 Å². The number of piperazine rings is 1. The number of nitrogen functional groups attached to an aromatic ring is 1. The molecule has 7 nitrogen and oxygen atoms in total. The molecule has 0 unspecified atom stereocenters. The molecule has 26 heavy (non-hydrogen) atoms. The lowest BCUT2D eigenvalue weighted by atomic mass is 10.1. The second-order valence-corrected chi connectivity index (χ2v) is 6.24. The number of hydrogen-bond donors (Lipinski definition) is 1. The Morgan fingerprint density at radius 2 is 1.96 bits per heavy atom. The molecule has 0 bridgehead atoms. The van der Waals surface area contributed by atoms with Crippen molar-refractivity contribution in [3.63, 3.8) is 0 Å². The van der Waals surface area contributed by atoms with Gasteiger partial charge in [0.15, 0.2) is 11.5 Å². The highest BCUT2D eigenvalue weighted by atomic mass is 16.5. The average molecular weight is 357 g/mol. The van der Waals surface area contributed by atoms with Crippen LogP contribution in [-0.4, -0.2) is 61.3 Å². The first-order chi connectivity index (χ1) is 12.6. The van der Waals surface area contributed by atoms with Gasteiger partial charge < -0.3 is 19.8 Å². The fourth-order valence-electron chi connectivity index (χ4n) is 3.04. The number of amides is 1. The number of benzene rings is 1. The smallest absolute Gasteiger partial charge is 0.289 e. The minimum atomic E-state index is -0.0839. The van der Waals surface area contributed by atoms with Gasteiger partial charge in [0.25, 0.3) is 5.91 Å². The van der Waals surface area contributed by atoms with Crippen LogP contribution >= 0.6 is 0 Å². The summed E-state index contributed by atoms with van der Waals surface area (Å²) in [6.07, 6.45) is 1.92. The Morgan fingerprint density at radius 3 is 2.58 bits per heavy atom. The first kappa shape index (κ1) is 18.0. The van der Waals surface area contributed by atoms with Crippen LogP contribution < -0.4 is 10.5 Å². The normalized spacial score (nSPS) is 15.0. The highest BCUT2D eigenvalue weighted by molar-refractivity contribution is 5.97. The molecule has 0 aliphatic carbocycles. The van der Waals surface area contributed by atoms with Gasteiger partial charge in [-0.2, -0.15) is 0 Å². The number of Topliss-reactive ketones (excluding diaryl/α,β-unsaturated/α-hetero) is 1. The van der Waals surface area contributed by atoms with Gasteiger partial charge in [-0.25, -0.2) is 0 Å². The maximum absolute atomic E-state index is 12.4. The number of rotatable bonds is 6. The Kier molecular flexibility index (Phi) is 5.58. The van der Waals surface area contributed by atoms with Crippen molar-refractivity contribution in [3.8, 4) is 5.75 Å². The Morgan fingerprint density at radius 1 is 1.19 bits per heavy atom. The monoisotopic (exact) mass is 357 g/mol. The number of anilines is 1. The van der Waals surface area contributed by atoms with Gasteiger partial charge in [-0.05, 0) is 30.3 Å². The molecule has 1 amide bonds. The van der Waals surface area contributed by atoms with E-state index < -0.39 is 0 Å². The van der Waals surface area contributed by atoms with E-state index in [1.807, 2.05) is 0 Å². The van der Waals surface area contributed by atoms with Crippen molar-refractivity contribution in [2.24, 2.45) is 0 Å². The van der Waals surface area contributed by atoms with Crippen LogP contribution in [0.1, 0.15) is 27.3 Å². The van der Waals surface area contributed by atoms with Gasteiger partial charge in [0.1, 0.15) is 5.75 Å². The van der Waals surface area contributed by atoms with E-state index in [0.717, 1.165) is 13.1 Å². The SMILES string of the molecule is COc1ccc(C(=O)CCN2CCN(C(=O)c3ccco3)CC2)cc1N. The fourth-order valence-corrected chi connectivity index (χ4v) is 3.04. The maximum atomic E-state index is 12.4. The molecule has 2 N–H and O–H groups in total. The summed E-state index contributed by atoms with van der Waals surface area (Å²) < 4.78 is 10.3. The van der Waals surface area contributed by atoms with Crippen molar-refractivity contribution in [1.29, 1.82) is 0 Å². The summed E-state index contributed by atoms with van der Waals surface area (Å²) in [5.41, 5.74) is 6.91. The highest BCUT2D eigenvalue weighted by Crippen LogP contribution is 2.22. The molecule has 0 radical (unpaired) electrons. The summed E-state index contributed by atoms with van der Waals surface area (Å²) in [4.78, 5) is 28.6. The maximum Gasteiger partial charge on any atom is 0.289 e. The zero-order chi connectivity index (χ0) is 18.5. The Labute approximate surface area is 152 Å². The van der Waals surface area contributed by atoms with E-state index in [0.29, 0.717) is 48.8 Å². The number of hydrogen-bond acceptors (Lipinski definition) is 6. The molecular formula is C19H23N3O4. The average Bonchev–Trinajstić information content (AvgIpc) is 3.20. The van der Waals surface area contributed by atoms with E-state index in [1.165, 1.54) is 6.26 Å². The number of methoxy groups -OCH3 is 1. The lowest BCUT2D eigenvalue weighted by molar-refractivity contribution is 0.0599. The molecule has 1 aromatic carbocycles. The Balaban J connectivity index is 1.47. The van der Waals surface area contributed by atoms with Gasteiger partial charge >= 0.3 is 0 Å². The van der Waals surface area contributed by atoms with Crippen molar-refractivity contribution in [3.05, 3.63) is 47.9 Å². The van der Waals surface area contributed by atoms with Crippen LogP contribution in [0.25, 0.3) is 0 Å². The van der Waals surface area contributed by atoms with E-state index in [1.54, 1.807) is 42.3 Å². The Bertz CT molecular complexity index is 765. The van der Waals surface area contributed by atoms with Crippen LogP contribution in [0.4, 0.5) is 5.69 Å². The summed E-state index contributed by atoms with van der Waals surface area (Å²) in [7, 11) is 1.55. The molecule has 0 atom stereocenters. The van der Waals surface area contributed by atoms with E-state index in [-0.39, 0.29) is 11.7 Å². The fraction of sp³-hybridized carbons (Fsp3) is 0.368. The number of nitrogens with two attached hydrogens (primary N) is 1. The van der Waals surface area contributed by atoms with Gasteiger partial charge in [-0.1, -0.05) is 0 Å². The predicted molar refractivity (Wildman–Crippen MR) is 97.4 cm³/mol. The van der Waals surface area contributed by atoms with Gasteiger partial charge in [0.05, 0.1) is 19.1 Å². The molecule has 1 aliphatic rings. The van der Waals surface area contributed by atoms with Gasteiger partial charge in [0, 0.05) is 44.7 Å². The molecule has 1 aromatic heterocycles. The third-order valence-electron chi connectivity index (χ3n) is 4.60. The standard InChI is InChI=1S/C19H23N3O4/c1-25-17-5-4-14(13-15(17)20)16(23)6-7-21-8-10-22(11-9-21)19(24)18-3-2-12-26-18/h2-5,12-13H,6-11,20H2,1H3. The minimum absolute atomic E-state index is 0.0495. The molecule has 1 aliphatic heterocycles. The second-order valence-electron chi connectivity index (χ2n) is 6.24. The lowest BCUT2D eigenvalue weighted by Gasteiger charge is -2.34. The summed E-state index contributed by atoms with van der Waals surface area (Å²) in [5.74, 6) is 0.900. The number of carbonyl (C=O) groups excluding carboxylic acids is 2.